The molecule has 0 aliphatic carbocycles. The summed E-state index contributed by atoms with van der Waals surface area (Å²) in [6.45, 7) is 1.91. The van der Waals surface area contributed by atoms with Gasteiger partial charge in [0.1, 0.15) is 5.75 Å². The zero-order chi connectivity index (χ0) is 13.5. The van der Waals surface area contributed by atoms with Gasteiger partial charge in [-0.2, -0.15) is 0 Å². The van der Waals surface area contributed by atoms with Gasteiger partial charge in [-0.1, -0.05) is 6.07 Å². The number of hydrogen-bond donors (Lipinski definition) is 2. The third-order valence-corrected chi connectivity index (χ3v) is 3.01. The Morgan fingerprint density at radius 3 is 2.72 bits per heavy atom. The summed E-state index contributed by atoms with van der Waals surface area (Å²) in [5, 5.41) is 11.2. The highest BCUT2D eigenvalue weighted by Crippen LogP contribution is 2.25. The van der Waals surface area contributed by atoms with E-state index in [0.717, 1.165) is 17.3 Å². The normalized spacial score (nSPS) is 9.89. The lowest BCUT2D eigenvalue weighted by Gasteiger charge is -2.10. The van der Waals surface area contributed by atoms with E-state index in [1.54, 1.807) is 12.1 Å². The fourth-order valence-electron chi connectivity index (χ4n) is 1.34. The van der Waals surface area contributed by atoms with Crippen LogP contribution in [0.2, 0.25) is 0 Å². The molecule has 1 rings (SSSR count). The number of hydrogen-bond acceptors (Lipinski definition) is 4. The third kappa shape index (κ3) is 4.67. The summed E-state index contributed by atoms with van der Waals surface area (Å²) in [6, 6.07) is 5.46. The maximum Gasteiger partial charge on any atom is 0.313 e. The van der Waals surface area contributed by atoms with Gasteiger partial charge < -0.3 is 15.2 Å². The molecule has 0 atom stereocenters. The Morgan fingerprint density at radius 2 is 2.11 bits per heavy atom. The van der Waals surface area contributed by atoms with Crippen molar-refractivity contribution in [2.45, 2.75) is 6.92 Å². The first-order chi connectivity index (χ1) is 8.52. The minimum absolute atomic E-state index is 0.0849. The quantitative estimate of drug-likeness (QED) is 0.823. The molecule has 0 unspecified atom stereocenters. The number of methoxy groups -OCH3 is 1. The third-order valence-electron chi connectivity index (χ3n) is 2.09. The molecule has 0 aromatic heterocycles. The lowest BCUT2D eigenvalue weighted by Crippen LogP contribution is -2.16. The van der Waals surface area contributed by atoms with Gasteiger partial charge in [0.2, 0.25) is 5.91 Å². The second kappa shape index (κ2) is 6.90. The number of carboxylic acids is 1. The Kier molecular flexibility index (Phi) is 5.51. The highest BCUT2D eigenvalue weighted by molar-refractivity contribution is 8.00. The molecule has 0 aliphatic rings. The Morgan fingerprint density at radius 1 is 1.39 bits per heavy atom. The van der Waals surface area contributed by atoms with Crippen molar-refractivity contribution in [3.63, 3.8) is 0 Å². The number of aliphatic carboxylic acids is 1. The molecule has 1 aromatic rings. The summed E-state index contributed by atoms with van der Waals surface area (Å²) < 4.78 is 5.13. The summed E-state index contributed by atoms with van der Waals surface area (Å²) in [5.74, 6) is -0.579. The van der Waals surface area contributed by atoms with Gasteiger partial charge in [-0.25, -0.2) is 0 Å². The standard InChI is InChI=1S/C12H15NO4S/c1-8-3-4-10(17-2)9(5-8)13-11(14)6-18-7-12(15)16/h3-5H,6-7H2,1-2H3,(H,13,14)(H,15,16). The minimum atomic E-state index is -0.930. The van der Waals surface area contributed by atoms with Crippen molar-refractivity contribution in [3.05, 3.63) is 23.8 Å². The van der Waals surface area contributed by atoms with E-state index in [4.69, 9.17) is 9.84 Å². The highest BCUT2D eigenvalue weighted by atomic mass is 32.2. The summed E-state index contributed by atoms with van der Waals surface area (Å²) in [5.41, 5.74) is 1.60. The van der Waals surface area contributed by atoms with Crippen molar-refractivity contribution in [2.75, 3.05) is 23.9 Å². The molecule has 0 aliphatic heterocycles. The van der Waals surface area contributed by atoms with Crippen molar-refractivity contribution in [1.29, 1.82) is 0 Å². The van der Waals surface area contributed by atoms with Crippen LogP contribution >= 0.6 is 11.8 Å². The number of benzene rings is 1. The molecule has 0 saturated carbocycles. The molecular formula is C12H15NO4S. The van der Waals surface area contributed by atoms with E-state index >= 15 is 0 Å². The van der Waals surface area contributed by atoms with Crippen molar-refractivity contribution in [1.82, 2.24) is 0 Å². The fourth-order valence-corrected chi connectivity index (χ4v) is 1.87. The Hall–Kier alpha value is -1.69. The average molecular weight is 269 g/mol. The van der Waals surface area contributed by atoms with Crippen LogP contribution in [-0.2, 0) is 9.59 Å². The van der Waals surface area contributed by atoms with E-state index in [9.17, 15) is 9.59 Å². The van der Waals surface area contributed by atoms with Crippen LogP contribution < -0.4 is 10.1 Å². The molecule has 6 heteroatoms. The number of aryl methyl sites for hydroxylation is 1. The number of nitrogens with one attached hydrogen (secondary N) is 1. The number of rotatable bonds is 6. The predicted octanol–water partition coefficient (Wildman–Crippen LogP) is 1.76. The van der Waals surface area contributed by atoms with E-state index in [2.05, 4.69) is 5.32 Å². The number of ether oxygens (including phenoxy) is 1. The van der Waals surface area contributed by atoms with Crippen molar-refractivity contribution in [2.24, 2.45) is 0 Å². The molecule has 0 radical (unpaired) electrons. The van der Waals surface area contributed by atoms with Gasteiger partial charge in [-0.3, -0.25) is 9.59 Å². The minimum Gasteiger partial charge on any atom is -0.495 e. The van der Waals surface area contributed by atoms with E-state index in [1.165, 1.54) is 7.11 Å². The first-order valence-corrected chi connectivity index (χ1v) is 6.42. The van der Waals surface area contributed by atoms with Gasteiger partial charge in [-0.15, -0.1) is 11.8 Å². The maximum absolute atomic E-state index is 11.6. The van der Waals surface area contributed by atoms with Gasteiger partial charge in [0, 0.05) is 0 Å². The molecule has 0 saturated heterocycles. The van der Waals surface area contributed by atoms with Gasteiger partial charge in [0.05, 0.1) is 24.3 Å². The number of anilines is 1. The number of amides is 1. The molecular weight excluding hydrogens is 254 g/mol. The number of carbonyl (C=O) groups excluding carboxylic acids is 1. The topological polar surface area (TPSA) is 75.6 Å². The summed E-state index contributed by atoms with van der Waals surface area (Å²) in [7, 11) is 1.53. The smallest absolute Gasteiger partial charge is 0.313 e. The van der Waals surface area contributed by atoms with Crippen LogP contribution in [0.5, 0.6) is 5.75 Å². The van der Waals surface area contributed by atoms with Crippen LogP contribution in [0.3, 0.4) is 0 Å². The largest absolute Gasteiger partial charge is 0.495 e. The number of carbonyl (C=O) groups is 2. The van der Waals surface area contributed by atoms with Gasteiger partial charge in [0.25, 0.3) is 0 Å². The zero-order valence-electron chi connectivity index (χ0n) is 10.2. The lowest BCUT2D eigenvalue weighted by molar-refractivity contribution is -0.133. The van der Waals surface area contributed by atoms with Gasteiger partial charge in [0.15, 0.2) is 0 Å². The molecule has 1 amide bonds. The highest BCUT2D eigenvalue weighted by Gasteiger charge is 2.08. The SMILES string of the molecule is COc1ccc(C)cc1NC(=O)CSCC(=O)O. The number of carboxylic acid groups (broad SMARTS) is 1. The molecule has 0 bridgehead atoms. The first kappa shape index (κ1) is 14.4. The van der Waals surface area contributed by atoms with Gasteiger partial charge >= 0.3 is 5.97 Å². The molecule has 0 spiro atoms. The Balaban J connectivity index is 2.58. The summed E-state index contributed by atoms with van der Waals surface area (Å²) in [4.78, 5) is 21.9. The van der Waals surface area contributed by atoms with Crippen LogP contribution in [0.25, 0.3) is 0 Å². The molecule has 18 heavy (non-hydrogen) atoms. The first-order valence-electron chi connectivity index (χ1n) is 5.27. The van der Waals surface area contributed by atoms with E-state index < -0.39 is 5.97 Å². The summed E-state index contributed by atoms with van der Waals surface area (Å²) >= 11 is 1.05. The second-order valence-electron chi connectivity index (χ2n) is 3.64. The zero-order valence-corrected chi connectivity index (χ0v) is 11.0. The Bertz CT molecular complexity index is 448. The van der Waals surface area contributed by atoms with Crippen LogP contribution in [0.1, 0.15) is 5.56 Å². The molecule has 5 nitrogen and oxygen atoms in total. The monoisotopic (exact) mass is 269 g/mol. The fraction of sp³-hybridized carbons (Fsp3) is 0.333. The van der Waals surface area contributed by atoms with Crippen molar-refractivity contribution in [3.8, 4) is 5.75 Å². The van der Waals surface area contributed by atoms with Crippen LogP contribution in [0.15, 0.2) is 18.2 Å². The van der Waals surface area contributed by atoms with Crippen molar-refractivity contribution < 1.29 is 19.4 Å². The Labute approximate surface area is 110 Å². The molecule has 1 aromatic carbocycles. The van der Waals surface area contributed by atoms with Crippen LogP contribution in [-0.4, -0.2) is 35.6 Å². The molecule has 98 valence electrons. The maximum atomic E-state index is 11.6. The molecule has 2 N–H and O–H groups in total. The van der Waals surface area contributed by atoms with Gasteiger partial charge in [-0.05, 0) is 24.6 Å². The van der Waals surface area contributed by atoms with E-state index in [1.807, 2.05) is 13.0 Å². The molecule has 0 heterocycles. The van der Waals surface area contributed by atoms with Crippen LogP contribution in [0.4, 0.5) is 5.69 Å². The molecule has 0 fully saturated rings. The second-order valence-corrected chi connectivity index (χ2v) is 4.62. The van der Waals surface area contributed by atoms with E-state index in [-0.39, 0.29) is 17.4 Å². The van der Waals surface area contributed by atoms with Crippen LogP contribution in [0, 0.1) is 6.92 Å². The van der Waals surface area contributed by atoms with E-state index in [0.29, 0.717) is 11.4 Å². The average Bonchev–Trinajstić information content (AvgIpc) is 2.28. The summed E-state index contributed by atoms with van der Waals surface area (Å²) in [6.07, 6.45) is 0. The number of thioether (sulfide) groups is 1. The predicted molar refractivity (Wildman–Crippen MR) is 71.3 cm³/mol. The lowest BCUT2D eigenvalue weighted by atomic mass is 10.2. The van der Waals surface area contributed by atoms with Crippen molar-refractivity contribution >= 4 is 29.3 Å².